The molecule has 3 aromatic heterocycles. The highest BCUT2D eigenvalue weighted by Crippen LogP contribution is 2.42. The lowest BCUT2D eigenvalue weighted by Gasteiger charge is -2.14. The molecule has 0 aliphatic rings. The lowest BCUT2D eigenvalue weighted by molar-refractivity contribution is 0.954. The standard InChI is InChI=1S/C54H35N7/c1-7-19-36(20-8-1)43-34-44(37-21-9-2-10-22-37)48-46(35-43)45-33-42(53-56-49(38-23-11-3-12-24-38)55-50(57-53)39-25-13-4-14-26-39)31-32-47(45)61(48)54-59-51(40-27-15-5-16-28-40)58-52(60-54)41-29-17-6-18-30-41/h1-35H. The second-order valence-corrected chi connectivity index (χ2v) is 14.8. The van der Waals surface area contributed by atoms with Gasteiger partial charge in [0.05, 0.1) is 11.0 Å². The molecule has 0 N–H and O–H groups in total. The van der Waals surface area contributed by atoms with E-state index in [4.69, 9.17) is 29.9 Å². The molecule has 0 saturated heterocycles. The molecular weight excluding hydrogens is 747 g/mol. The summed E-state index contributed by atoms with van der Waals surface area (Å²) in [5.74, 6) is 3.49. The fourth-order valence-electron chi connectivity index (χ4n) is 7.96. The van der Waals surface area contributed by atoms with Crippen LogP contribution in [0.2, 0.25) is 0 Å². The summed E-state index contributed by atoms with van der Waals surface area (Å²) in [7, 11) is 0. The second-order valence-electron chi connectivity index (χ2n) is 14.8. The van der Waals surface area contributed by atoms with Crippen molar-refractivity contribution < 1.29 is 0 Å². The molecule has 286 valence electrons. The Morgan fingerprint density at radius 1 is 0.262 bits per heavy atom. The van der Waals surface area contributed by atoms with Crippen molar-refractivity contribution in [2.24, 2.45) is 0 Å². The largest absolute Gasteiger partial charge is 0.277 e. The van der Waals surface area contributed by atoms with Gasteiger partial charge in [0.1, 0.15) is 0 Å². The number of fused-ring (bicyclic) bond motifs is 3. The highest BCUT2D eigenvalue weighted by Gasteiger charge is 2.23. The summed E-state index contributed by atoms with van der Waals surface area (Å²) in [6, 6.07) is 72.4. The number of benzene rings is 8. The highest BCUT2D eigenvalue weighted by molar-refractivity contribution is 6.16. The zero-order valence-electron chi connectivity index (χ0n) is 32.8. The lowest BCUT2D eigenvalue weighted by Crippen LogP contribution is -2.07. The molecule has 61 heavy (non-hydrogen) atoms. The molecule has 8 aromatic carbocycles. The van der Waals surface area contributed by atoms with Crippen molar-refractivity contribution in [3.8, 4) is 85.1 Å². The molecule has 11 rings (SSSR count). The molecule has 0 radical (unpaired) electrons. The summed E-state index contributed by atoms with van der Waals surface area (Å²) in [5, 5.41) is 2.05. The summed E-state index contributed by atoms with van der Waals surface area (Å²) < 4.78 is 2.20. The van der Waals surface area contributed by atoms with Crippen LogP contribution < -0.4 is 0 Å². The third-order valence-electron chi connectivity index (χ3n) is 10.9. The predicted octanol–water partition coefficient (Wildman–Crippen LogP) is 12.8. The first kappa shape index (κ1) is 35.7. The van der Waals surface area contributed by atoms with Gasteiger partial charge >= 0.3 is 0 Å². The van der Waals surface area contributed by atoms with Crippen molar-refractivity contribution in [1.29, 1.82) is 0 Å². The van der Waals surface area contributed by atoms with E-state index in [9.17, 15) is 0 Å². The van der Waals surface area contributed by atoms with Crippen LogP contribution in [0.15, 0.2) is 212 Å². The zero-order valence-corrected chi connectivity index (χ0v) is 32.8. The van der Waals surface area contributed by atoms with Crippen molar-refractivity contribution in [2.45, 2.75) is 0 Å². The Labute approximate surface area is 352 Å². The molecule has 0 fully saturated rings. The minimum absolute atomic E-state index is 0.517. The van der Waals surface area contributed by atoms with E-state index in [1.54, 1.807) is 0 Å². The van der Waals surface area contributed by atoms with Crippen LogP contribution in [0.5, 0.6) is 0 Å². The Morgan fingerprint density at radius 3 is 1.07 bits per heavy atom. The molecule has 7 nitrogen and oxygen atoms in total. The lowest BCUT2D eigenvalue weighted by atomic mass is 9.95. The van der Waals surface area contributed by atoms with E-state index in [-0.39, 0.29) is 0 Å². The van der Waals surface area contributed by atoms with Gasteiger partial charge in [-0.05, 0) is 47.0 Å². The number of hydrogen-bond donors (Lipinski definition) is 0. The molecule has 0 spiro atoms. The average molecular weight is 782 g/mol. The Hall–Kier alpha value is -8.42. The van der Waals surface area contributed by atoms with E-state index in [0.29, 0.717) is 35.1 Å². The predicted molar refractivity (Wildman–Crippen MR) is 246 cm³/mol. The van der Waals surface area contributed by atoms with Crippen LogP contribution in [-0.4, -0.2) is 34.5 Å². The van der Waals surface area contributed by atoms with Crippen LogP contribution in [0.1, 0.15) is 0 Å². The van der Waals surface area contributed by atoms with E-state index < -0.39 is 0 Å². The molecule has 0 atom stereocenters. The fraction of sp³-hybridized carbons (Fsp3) is 0. The van der Waals surface area contributed by atoms with Gasteiger partial charge in [-0.25, -0.2) is 19.9 Å². The van der Waals surface area contributed by atoms with E-state index in [1.807, 2.05) is 121 Å². The first-order chi connectivity index (χ1) is 30.2. The Balaban J connectivity index is 1.23. The van der Waals surface area contributed by atoms with E-state index in [1.165, 1.54) is 0 Å². The van der Waals surface area contributed by atoms with Gasteiger partial charge in [0.15, 0.2) is 29.1 Å². The minimum Gasteiger partial charge on any atom is -0.277 e. The van der Waals surface area contributed by atoms with Crippen molar-refractivity contribution in [3.05, 3.63) is 212 Å². The molecule has 0 saturated carbocycles. The van der Waals surface area contributed by atoms with Crippen molar-refractivity contribution in [1.82, 2.24) is 34.5 Å². The molecule has 0 bridgehead atoms. The summed E-state index contributed by atoms with van der Waals surface area (Å²) >= 11 is 0. The zero-order chi connectivity index (χ0) is 40.5. The van der Waals surface area contributed by atoms with Gasteiger partial charge in [0.25, 0.3) is 0 Å². The van der Waals surface area contributed by atoms with Crippen LogP contribution in [0, 0.1) is 0 Å². The van der Waals surface area contributed by atoms with Gasteiger partial charge in [0.2, 0.25) is 5.95 Å². The van der Waals surface area contributed by atoms with Crippen LogP contribution in [0.3, 0.4) is 0 Å². The number of hydrogen-bond acceptors (Lipinski definition) is 6. The van der Waals surface area contributed by atoms with Crippen molar-refractivity contribution in [3.63, 3.8) is 0 Å². The van der Waals surface area contributed by atoms with Gasteiger partial charge < -0.3 is 0 Å². The summed E-state index contributed by atoms with van der Waals surface area (Å²) in [4.78, 5) is 30.8. The topological polar surface area (TPSA) is 82.3 Å². The maximum absolute atomic E-state index is 5.27. The molecule has 11 aromatic rings. The SMILES string of the molecule is c1ccc(-c2cc(-c3ccccc3)c3c(c2)c2cc(-c4nc(-c5ccccc5)nc(-c5ccccc5)n4)ccc2n3-c2nc(-c3ccccc3)nc(-c3ccccc3)n2)cc1. The maximum Gasteiger partial charge on any atom is 0.238 e. The Kier molecular flexibility index (Phi) is 9.02. The van der Waals surface area contributed by atoms with Gasteiger partial charge in [0, 0.05) is 44.2 Å². The molecule has 0 amide bonds. The molecule has 0 aliphatic carbocycles. The molecule has 7 heteroatoms. The highest BCUT2D eigenvalue weighted by atomic mass is 15.2. The fourth-order valence-corrected chi connectivity index (χ4v) is 7.96. The number of rotatable bonds is 8. The van der Waals surface area contributed by atoms with Crippen LogP contribution in [-0.2, 0) is 0 Å². The van der Waals surface area contributed by atoms with Gasteiger partial charge in [-0.3, -0.25) is 4.57 Å². The minimum atomic E-state index is 0.517. The number of nitrogens with zero attached hydrogens (tertiary/aromatic N) is 7. The molecule has 0 aliphatic heterocycles. The van der Waals surface area contributed by atoms with Gasteiger partial charge in [-0.1, -0.05) is 182 Å². The smallest absolute Gasteiger partial charge is 0.238 e. The van der Waals surface area contributed by atoms with Crippen LogP contribution >= 0.6 is 0 Å². The molecular formula is C54H35N7. The van der Waals surface area contributed by atoms with E-state index >= 15 is 0 Å². The Bertz CT molecular complexity index is 3210. The quantitative estimate of drug-likeness (QED) is 0.153. The van der Waals surface area contributed by atoms with Crippen LogP contribution in [0.25, 0.3) is 107 Å². The third kappa shape index (κ3) is 6.80. The number of aromatic nitrogens is 7. The monoisotopic (exact) mass is 781 g/mol. The van der Waals surface area contributed by atoms with Crippen molar-refractivity contribution in [2.75, 3.05) is 0 Å². The van der Waals surface area contributed by atoms with Crippen LogP contribution in [0.4, 0.5) is 0 Å². The first-order valence-corrected chi connectivity index (χ1v) is 20.2. The van der Waals surface area contributed by atoms with E-state index in [0.717, 1.165) is 71.9 Å². The second kappa shape index (κ2) is 15.4. The van der Waals surface area contributed by atoms with E-state index in [2.05, 4.69) is 95.6 Å². The maximum atomic E-state index is 5.27. The summed E-state index contributed by atoms with van der Waals surface area (Å²) in [6.07, 6.45) is 0. The average Bonchev–Trinajstić information content (AvgIpc) is 3.69. The third-order valence-corrected chi connectivity index (χ3v) is 10.9. The summed E-state index contributed by atoms with van der Waals surface area (Å²) in [5.41, 5.74) is 10.8. The normalized spacial score (nSPS) is 11.3. The Morgan fingerprint density at radius 2 is 0.623 bits per heavy atom. The first-order valence-electron chi connectivity index (χ1n) is 20.2. The molecule has 3 heterocycles. The van der Waals surface area contributed by atoms with Gasteiger partial charge in [-0.2, -0.15) is 9.97 Å². The van der Waals surface area contributed by atoms with Crippen molar-refractivity contribution >= 4 is 21.8 Å². The summed E-state index contributed by atoms with van der Waals surface area (Å²) in [6.45, 7) is 0. The van der Waals surface area contributed by atoms with Gasteiger partial charge in [-0.15, -0.1) is 0 Å². The molecule has 0 unspecified atom stereocenters.